The van der Waals surface area contributed by atoms with Crippen molar-refractivity contribution in [3.63, 3.8) is 0 Å². The van der Waals surface area contributed by atoms with Gasteiger partial charge in [0.1, 0.15) is 5.03 Å². The molecule has 0 radical (unpaired) electrons. The van der Waals surface area contributed by atoms with Gasteiger partial charge in [-0.1, -0.05) is 35.5 Å². The zero-order chi connectivity index (χ0) is 13.1. The van der Waals surface area contributed by atoms with Crippen molar-refractivity contribution >= 4 is 45.0 Å². The molecule has 0 amide bonds. The number of rotatable bonds is 3. The molecule has 1 heterocycles. The monoisotopic (exact) mass is 344 g/mol. The van der Waals surface area contributed by atoms with E-state index in [0.29, 0.717) is 19.4 Å². The number of benzene rings is 1. The van der Waals surface area contributed by atoms with Gasteiger partial charge in [-0.25, -0.2) is 4.98 Å². The van der Waals surface area contributed by atoms with Crippen LogP contribution in [0.25, 0.3) is 0 Å². The number of hydrogen-bond acceptors (Lipinski definition) is 4. The van der Waals surface area contributed by atoms with Gasteiger partial charge in [-0.05, 0) is 28.1 Å². The van der Waals surface area contributed by atoms with E-state index in [4.69, 9.17) is 11.6 Å². The molecule has 0 aliphatic carbocycles. The molecule has 0 aliphatic rings. The number of nitro groups is 1. The summed E-state index contributed by atoms with van der Waals surface area (Å²) in [6.07, 6.45) is 1.50. The maximum absolute atomic E-state index is 10.9. The number of pyridine rings is 1. The van der Waals surface area contributed by atoms with Crippen LogP contribution in [-0.2, 0) is 0 Å². The Morgan fingerprint density at radius 3 is 2.78 bits per heavy atom. The summed E-state index contributed by atoms with van der Waals surface area (Å²) in [6.45, 7) is 0. The van der Waals surface area contributed by atoms with Crippen LogP contribution in [0.1, 0.15) is 0 Å². The maximum Gasteiger partial charge on any atom is 0.283 e. The highest BCUT2D eigenvalue weighted by molar-refractivity contribution is 9.10. The van der Waals surface area contributed by atoms with Crippen molar-refractivity contribution in [1.82, 2.24) is 4.98 Å². The van der Waals surface area contributed by atoms with Crippen molar-refractivity contribution in [2.24, 2.45) is 0 Å². The van der Waals surface area contributed by atoms with Crippen LogP contribution in [0.4, 0.5) is 5.69 Å². The highest BCUT2D eigenvalue weighted by Crippen LogP contribution is 2.37. The zero-order valence-corrected chi connectivity index (χ0v) is 12.0. The van der Waals surface area contributed by atoms with Gasteiger partial charge in [0.15, 0.2) is 0 Å². The first-order valence-electron chi connectivity index (χ1n) is 4.80. The van der Waals surface area contributed by atoms with Crippen LogP contribution >= 0.6 is 39.3 Å². The summed E-state index contributed by atoms with van der Waals surface area (Å²) in [5, 5.41) is 12.0. The average molecular weight is 346 g/mol. The van der Waals surface area contributed by atoms with Gasteiger partial charge in [-0.3, -0.25) is 10.1 Å². The molecule has 0 N–H and O–H groups in total. The minimum Gasteiger partial charge on any atom is -0.258 e. The molecule has 2 aromatic rings. The normalized spacial score (nSPS) is 10.3. The van der Waals surface area contributed by atoms with Crippen LogP contribution in [0.2, 0.25) is 5.02 Å². The van der Waals surface area contributed by atoms with Crippen LogP contribution in [0, 0.1) is 10.1 Å². The summed E-state index contributed by atoms with van der Waals surface area (Å²) >= 11 is 10.3. The first-order valence-corrected chi connectivity index (χ1v) is 6.79. The third kappa shape index (κ3) is 3.01. The first kappa shape index (κ1) is 13.3. The topological polar surface area (TPSA) is 56.0 Å². The Labute approximate surface area is 121 Å². The van der Waals surface area contributed by atoms with Gasteiger partial charge < -0.3 is 0 Å². The number of para-hydroxylation sites is 1. The predicted octanol–water partition coefficient (Wildman–Crippen LogP) is 4.56. The number of nitro benzene ring substituents is 1. The lowest BCUT2D eigenvalue weighted by Gasteiger charge is -2.04. The Bertz CT molecular complexity index is 609. The molecule has 92 valence electrons. The third-order valence-electron chi connectivity index (χ3n) is 2.04. The lowest BCUT2D eigenvalue weighted by atomic mass is 10.3. The minimum absolute atomic E-state index is 0.0613. The third-order valence-corrected chi connectivity index (χ3v) is 4.20. The fourth-order valence-electron chi connectivity index (χ4n) is 1.28. The standard InChI is InChI=1S/C11H6BrClN2O2S/c12-8-5-7(13)6-14-11(8)18-10-4-2-1-3-9(10)15(16)17/h1-6H. The molecular formula is C11H6BrClN2O2S. The van der Waals surface area contributed by atoms with E-state index in [2.05, 4.69) is 20.9 Å². The van der Waals surface area contributed by atoms with E-state index in [-0.39, 0.29) is 5.69 Å². The summed E-state index contributed by atoms with van der Waals surface area (Å²) in [4.78, 5) is 15.2. The van der Waals surface area contributed by atoms with Gasteiger partial charge in [0.2, 0.25) is 0 Å². The largest absolute Gasteiger partial charge is 0.283 e. The summed E-state index contributed by atoms with van der Waals surface area (Å²) in [7, 11) is 0. The number of hydrogen-bond donors (Lipinski definition) is 0. The molecule has 0 spiro atoms. The van der Waals surface area contributed by atoms with Gasteiger partial charge in [0.25, 0.3) is 5.69 Å². The van der Waals surface area contributed by atoms with E-state index in [0.717, 1.165) is 0 Å². The van der Waals surface area contributed by atoms with Gasteiger partial charge >= 0.3 is 0 Å². The van der Waals surface area contributed by atoms with Gasteiger partial charge in [-0.15, -0.1) is 0 Å². The van der Waals surface area contributed by atoms with Crippen molar-refractivity contribution in [2.75, 3.05) is 0 Å². The molecule has 0 fully saturated rings. The first-order chi connectivity index (χ1) is 8.58. The molecule has 0 atom stereocenters. The van der Waals surface area contributed by atoms with Crippen molar-refractivity contribution in [1.29, 1.82) is 0 Å². The number of aromatic nitrogens is 1. The second-order valence-corrected chi connectivity index (χ2v) is 5.59. The Morgan fingerprint density at radius 2 is 2.11 bits per heavy atom. The second-order valence-electron chi connectivity index (χ2n) is 3.27. The lowest BCUT2D eigenvalue weighted by molar-refractivity contribution is -0.387. The van der Waals surface area contributed by atoms with Crippen molar-refractivity contribution in [2.45, 2.75) is 9.92 Å². The van der Waals surface area contributed by atoms with Crippen molar-refractivity contribution in [3.8, 4) is 0 Å². The molecular weight excluding hydrogens is 340 g/mol. The minimum atomic E-state index is -0.411. The van der Waals surface area contributed by atoms with E-state index in [9.17, 15) is 10.1 Å². The molecule has 2 rings (SSSR count). The smallest absolute Gasteiger partial charge is 0.258 e. The van der Waals surface area contributed by atoms with Crippen LogP contribution in [0.5, 0.6) is 0 Å². The van der Waals surface area contributed by atoms with Crippen LogP contribution < -0.4 is 0 Å². The Balaban J connectivity index is 2.37. The van der Waals surface area contributed by atoms with E-state index in [1.807, 2.05) is 0 Å². The maximum atomic E-state index is 10.9. The quantitative estimate of drug-likeness (QED) is 0.604. The van der Waals surface area contributed by atoms with E-state index in [1.165, 1.54) is 24.0 Å². The highest BCUT2D eigenvalue weighted by Gasteiger charge is 2.15. The SMILES string of the molecule is O=[N+]([O-])c1ccccc1Sc1ncc(Cl)cc1Br. The Morgan fingerprint density at radius 1 is 1.39 bits per heavy atom. The number of halogens is 2. The zero-order valence-electron chi connectivity index (χ0n) is 8.84. The second kappa shape index (κ2) is 5.69. The van der Waals surface area contributed by atoms with Gasteiger partial charge in [0.05, 0.1) is 19.3 Å². The molecule has 0 bridgehead atoms. The fourth-order valence-corrected chi connectivity index (χ4v) is 3.02. The summed E-state index contributed by atoms with van der Waals surface area (Å²) < 4.78 is 0.707. The number of nitrogens with zero attached hydrogens (tertiary/aromatic N) is 2. The van der Waals surface area contributed by atoms with Crippen LogP contribution in [0.3, 0.4) is 0 Å². The summed E-state index contributed by atoms with van der Waals surface area (Å²) in [5.74, 6) is 0. The predicted molar refractivity (Wildman–Crippen MR) is 74.2 cm³/mol. The molecule has 1 aromatic carbocycles. The molecule has 4 nitrogen and oxygen atoms in total. The Hall–Kier alpha value is -1.11. The van der Waals surface area contributed by atoms with Gasteiger partial charge in [-0.2, -0.15) is 0 Å². The summed E-state index contributed by atoms with van der Waals surface area (Å²) in [5.41, 5.74) is 0.0613. The Kier molecular flexibility index (Phi) is 4.21. The van der Waals surface area contributed by atoms with E-state index < -0.39 is 4.92 Å². The average Bonchev–Trinajstić information content (AvgIpc) is 2.33. The van der Waals surface area contributed by atoms with Crippen molar-refractivity contribution in [3.05, 3.63) is 56.1 Å². The molecule has 0 unspecified atom stereocenters. The lowest BCUT2D eigenvalue weighted by Crippen LogP contribution is -1.91. The molecule has 0 aliphatic heterocycles. The highest BCUT2D eigenvalue weighted by atomic mass is 79.9. The summed E-state index contributed by atoms with van der Waals surface area (Å²) in [6, 6.07) is 8.23. The van der Waals surface area contributed by atoms with E-state index >= 15 is 0 Å². The molecule has 0 saturated heterocycles. The van der Waals surface area contributed by atoms with Crippen molar-refractivity contribution < 1.29 is 4.92 Å². The fraction of sp³-hybridized carbons (Fsp3) is 0. The van der Waals surface area contributed by atoms with Crippen LogP contribution in [0.15, 0.2) is 50.9 Å². The van der Waals surface area contributed by atoms with E-state index in [1.54, 1.807) is 24.3 Å². The molecule has 1 aromatic heterocycles. The molecule has 0 saturated carbocycles. The van der Waals surface area contributed by atoms with Crippen LogP contribution in [-0.4, -0.2) is 9.91 Å². The molecule has 7 heteroatoms. The molecule has 18 heavy (non-hydrogen) atoms. The van der Waals surface area contributed by atoms with Gasteiger partial charge in [0, 0.05) is 12.3 Å².